The summed E-state index contributed by atoms with van der Waals surface area (Å²) in [5.74, 6) is 0.447. The summed E-state index contributed by atoms with van der Waals surface area (Å²) in [6.07, 6.45) is 2.90. The maximum Gasteiger partial charge on any atom is 0.331 e. The number of methoxy groups -OCH3 is 2. The molecule has 0 bridgehead atoms. The van der Waals surface area contributed by atoms with Gasteiger partial charge in [-0.1, -0.05) is 12.1 Å². The number of hydrogen-bond acceptors (Lipinski definition) is 4. The Kier molecular flexibility index (Phi) is 5.74. The molecule has 0 aliphatic carbocycles. The fraction of sp³-hybridized carbons (Fsp3) is 0.167. The van der Waals surface area contributed by atoms with Crippen molar-refractivity contribution in [2.75, 3.05) is 14.2 Å². The van der Waals surface area contributed by atoms with Gasteiger partial charge in [-0.05, 0) is 42.0 Å². The normalized spacial score (nSPS) is 10.6. The first-order valence-corrected chi connectivity index (χ1v) is 6.93. The summed E-state index contributed by atoms with van der Waals surface area (Å²) in [6, 6.07) is 11.0. The van der Waals surface area contributed by atoms with Crippen LogP contribution in [0.15, 0.2) is 48.5 Å². The molecule has 0 saturated carbocycles. The molecule has 0 atom stereocenters. The number of esters is 1. The van der Waals surface area contributed by atoms with Gasteiger partial charge in [-0.25, -0.2) is 9.18 Å². The summed E-state index contributed by atoms with van der Waals surface area (Å²) in [7, 11) is 3.11. The van der Waals surface area contributed by atoms with Crippen LogP contribution in [0.3, 0.4) is 0 Å². The standard InChI is InChI=1S/C18H17FO4/c1-21-16-8-9-17(22-2)14(11-16)5-10-18(20)23-12-13-3-6-15(19)7-4-13/h3-11H,12H2,1-2H3/b10-5+. The van der Waals surface area contributed by atoms with E-state index in [1.165, 1.54) is 18.2 Å². The van der Waals surface area contributed by atoms with E-state index >= 15 is 0 Å². The highest BCUT2D eigenvalue weighted by atomic mass is 19.1. The molecular weight excluding hydrogens is 299 g/mol. The molecule has 0 saturated heterocycles. The Morgan fingerprint density at radius 1 is 1.09 bits per heavy atom. The third-order valence-electron chi connectivity index (χ3n) is 3.13. The zero-order valence-electron chi connectivity index (χ0n) is 12.9. The number of rotatable bonds is 6. The van der Waals surface area contributed by atoms with E-state index in [0.29, 0.717) is 22.6 Å². The molecule has 0 aliphatic heterocycles. The molecule has 0 heterocycles. The van der Waals surface area contributed by atoms with Crippen LogP contribution in [0.1, 0.15) is 11.1 Å². The van der Waals surface area contributed by atoms with Gasteiger partial charge in [-0.2, -0.15) is 0 Å². The fourth-order valence-electron chi connectivity index (χ4n) is 1.91. The van der Waals surface area contributed by atoms with E-state index in [-0.39, 0.29) is 12.4 Å². The molecule has 2 aromatic carbocycles. The number of carbonyl (C=O) groups is 1. The smallest absolute Gasteiger partial charge is 0.331 e. The van der Waals surface area contributed by atoms with Crippen molar-refractivity contribution in [3.8, 4) is 11.5 Å². The molecule has 5 heteroatoms. The second-order valence-corrected chi connectivity index (χ2v) is 4.68. The van der Waals surface area contributed by atoms with Crippen molar-refractivity contribution in [1.29, 1.82) is 0 Å². The van der Waals surface area contributed by atoms with Crippen molar-refractivity contribution < 1.29 is 23.4 Å². The Balaban J connectivity index is 1.99. The Bertz CT molecular complexity index is 693. The lowest BCUT2D eigenvalue weighted by atomic mass is 10.1. The molecule has 0 unspecified atom stereocenters. The predicted octanol–water partition coefficient (Wildman–Crippen LogP) is 3.60. The molecule has 0 radical (unpaired) electrons. The summed E-state index contributed by atoms with van der Waals surface area (Å²) < 4.78 is 28.2. The number of halogens is 1. The highest BCUT2D eigenvalue weighted by Gasteiger charge is 2.04. The first-order valence-electron chi connectivity index (χ1n) is 6.93. The van der Waals surface area contributed by atoms with Gasteiger partial charge in [-0.3, -0.25) is 0 Å². The lowest BCUT2D eigenvalue weighted by Gasteiger charge is -2.07. The summed E-state index contributed by atoms with van der Waals surface area (Å²) in [6.45, 7) is 0.0820. The monoisotopic (exact) mass is 316 g/mol. The first kappa shape index (κ1) is 16.5. The average molecular weight is 316 g/mol. The Morgan fingerprint density at radius 3 is 2.48 bits per heavy atom. The van der Waals surface area contributed by atoms with Gasteiger partial charge in [0.1, 0.15) is 23.9 Å². The van der Waals surface area contributed by atoms with E-state index in [9.17, 15) is 9.18 Å². The molecule has 4 nitrogen and oxygen atoms in total. The van der Waals surface area contributed by atoms with Crippen LogP contribution in [0.5, 0.6) is 11.5 Å². The maximum atomic E-state index is 12.8. The van der Waals surface area contributed by atoms with Crippen LogP contribution < -0.4 is 9.47 Å². The van der Waals surface area contributed by atoms with Crippen molar-refractivity contribution in [3.05, 3.63) is 65.5 Å². The summed E-state index contributed by atoms with van der Waals surface area (Å²) in [4.78, 5) is 11.8. The van der Waals surface area contributed by atoms with Crippen LogP contribution in [-0.4, -0.2) is 20.2 Å². The third-order valence-corrected chi connectivity index (χ3v) is 3.13. The van der Waals surface area contributed by atoms with Gasteiger partial charge >= 0.3 is 5.97 Å². The molecule has 2 aromatic rings. The van der Waals surface area contributed by atoms with Crippen LogP contribution in [0, 0.1) is 5.82 Å². The Hall–Kier alpha value is -2.82. The van der Waals surface area contributed by atoms with Gasteiger partial charge in [0.05, 0.1) is 14.2 Å². The van der Waals surface area contributed by atoms with E-state index in [0.717, 1.165) is 0 Å². The maximum absolute atomic E-state index is 12.8. The Morgan fingerprint density at radius 2 is 1.83 bits per heavy atom. The summed E-state index contributed by atoms with van der Waals surface area (Å²) >= 11 is 0. The van der Waals surface area contributed by atoms with Crippen LogP contribution in [0.4, 0.5) is 4.39 Å². The largest absolute Gasteiger partial charge is 0.497 e. The second-order valence-electron chi connectivity index (χ2n) is 4.68. The van der Waals surface area contributed by atoms with Crippen LogP contribution in [0.2, 0.25) is 0 Å². The third kappa shape index (κ3) is 4.85. The van der Waals surface area contributed by atoms with Crippen LogP contribution in [-0.2, 0) is 16.1 Å². The Labute approximate surface area is 134 Å². The fourth-order valence-corrected chi connectivity index (χ4v) is 1.91. The molecule has 2 rings (SSSR count). The average Bonchev–Trinajstić information content (AvgIpc) is 2.59. The number of hydrogen-bond donors (Lipinski definition) is 0. The predicted molar refractivity (Wildman–Crippen MR) is 84.8 cm³/mol. The van der Waals surface area contributed by atoms with Crippen molar-refractivity contribution in [2.24, 2.45) is 0 Å². The molecule has 120 valence electrons. The molecule has 0 aliphatic rings. The van der Waals surface area contributed by atoms with Crippen molar-refractivity contribution in [1.82, 2.24) is 0 Å². The zero-order chi connectivity index (χ0) is 16.7. The van der Waals surface area contributed by atoms with E-state index in [2.05, 4.69) is 0 Å². The van der Waals surface area contributed by atoms with Gasteiger partial charge in [-0.15, -0.1) is 0 Å². The van der Waals surface area contributed by atoms with Gasteiger partial charge in [0.25, 0.3) is 0 Å². The summed E-state index contributed by atoms with van der Waals surface area (Å²) in [5.41, 5.74) is 1.41. The van der Waals surface area contributed by atoms with Crippen LogP contribution in [0.25, 0.3) is 6.08 Å². The van der Waals surface area contributed by atoms with Crippen LogP contribution >= 0.6 is 0 Å². The number of carbonyl (C=O) groups excluding carboxylic acids is 1. The molecule has 23 heavy (non-hydrogen) atoms. The molecule has 0 amide bonds. The van der Waals surface area contributed by atoms with Crippen molar-refractivity contribution in [2.45, 2.75) is 6.61 Å². The van der Waals surface area contributed by atoms with Gasteiger partial charge in [0.15, 0.2) is 0 Å². The molecule has 0 aromatic heterocycles. The van der Waals surface area contributed by atoms with E-state index in [1.54, 1.807) is 50.6 Å². The van der Waals surface area contributed by atoms with Gasteiger partial charge in [0, 0.05) is 11.6 Å². The molecule has 0 spiro atoms. The second kappa shape index (κ2) is 7.98. The lowest BCUT2D eigenvalue weighted by molar-refractivity contribution is -0.138. The highest BCUT2D eigenvalue weighted by Crippen LogP contribution is 2.25. The lowest BCUT2D eigenvalue weighted by Crippen LogP contribution is -2.00. The van der Waals surface area contributed by atoms with Crippen molar-refractivity contribution >= 4 is 12.0 Å². The zero-order valence-corrected chi connectivity index (χ0v) is 12.9. The van der Waals surface area contributed by atoms with Gasteiger partial charge < -0.3 is 14.2 Å². The first-order chi connectivity index (χ1) is 11.1. The summed E-state index contributed by atoms with van der Waals surface area (Å²) in [5, 5.41) is 0. The number of ether oxygens (including phenoxy) is 3. The minimum Gasteiger partial charge on any atom is -0.497 e. The van der Waals surface area contributed by atoms with E-state index in [1.807, 2.05) is 0 Å². The van der Waals surface area contributed by atoms with E-state index in [4.69, 9.17) is 14.2 Å². The topological polar surface area (TPSA) is 44.8 Å². The molecule has 0 fully saturated rings. The molecule has 0 N–H and O–H groups in total. The SMILES string of the molecule is COc1ccc(OC)c(/C=C/C(=O)OCc2ccc(F)cc2)c1. The molecular formula is C18H17FO4. The van der Waals surface area contributed by atoms with E-state index < -0.39 is 5.97 Å². The number of benzene rings is 2. The minimum atomic E-state index is -0.501. The van der Waals surface area contributed by atoms with Crippen molar-refractivity contribution in [3.63, 3.8) is 0 Å². The quantitative estimate of drug-likeness (QED) is 0.603. The minimum absolute atomic E-state index is 0.0820. The van der Waals surface area contributed by atoms with Gasteiger partial charge in [0.2, 0.25) is 0 Å². The highest BCUT2D eigenvalue weighted by molar-refractivity contribution is 5.87.